The van der Waals surface area contributed by atoms with Crippen LogP contribution >= 0.6 is 11.3 Å². The lowest BCUT2D eigenvalue weighted by Gasteiger charge is -2.05. The number of benzene rings is 2. The molecule has 6 heteroatoms. The largest absolute Gasteiger partial charge is 0.375 e. The van der Waals surface area contributed by atoms with E-state index >= 15 is 0 Å². The second kappa shape index (κ2) is 6.11. The smallest absolute Gasteiger partial charge is 0.251 e. The summed E-state index contributed by atoms with van der Waals surface area (Å²) in [6.07, 6.45) is 0.655. The third-order valence-electron chi connectivity index (χ3n) is 3.28. The highest BCUT2D eigenvalue weighted by Crippen LogP contribution is 2.24. The van der Waals surface area contributed by atoms with Crippen molar-refractivity contribution in [3.05, 3.63) is 59.4 Å². The monoisotopic (exact) mass is 315 g/mol. The molecule has 112 valence electrons. The van der Waals surface area contributed by atoms with Gasteiger partial charge in [-0.15, -0.1) is 0 Å². The molecular formula is C16H14FN3OS. The minimum absolute atomic E-state index is 0.143. The maximum Gasteiger partial charge on any atom is 0.251 e. The van der Waals surface area contributed by atoms with E-state index in [2.05, 4.69) is 10.3 Å². The zero-order chi connectivity index (χ0) is 15.5. The molecule has 0 spiro atoms. The van der Waals surface area contributed by atoms with Gasteiger partial charge in [0.15, 0.2) is 5.13 Å². The van der Waals surface area contributed by atoms with E-state index in [4.69, 9.17) is 5.73 Å². The van der Waals surface area contributed by atoms with Crippen LogP contribution in [0.4, 0.5) is 9.52 Å². The van der Waals surface area contributed by atoms with E-state index in [1.54, 1.807) is 30.3 Å². The Hall–Kier alpha value is -2.47. The SMILES string of the molecule is Nc1nc2ccc(C(=O)NCCc3ccc(F)cc3)cc2s1. The van der Waals surface area contributed by atoms with Gasteiger partial charge in [0.05, 0.1) is 10.2 Å². The summed E-state index contributed by atoms with van der Waals surface area (Å²) in [5, 5.41) is 3.34. The Balaban J connectivity index is 1.61. The number of rotatable bonds is 4. The number of carbonyl (C=O) groups excluding carboxylic acids is 1. The highest BCUT2D eigenvalue weighted by atomic mass is 32.1. The average molecular weight is 315 g/mol. The summed E-state index contributed by atoms with van der Waals surface area (Å²) in [7, 11) is 0. The fraction of sp³-hybridized carbons (Fsp3) is 0.125. The standard InChI is InChI=1S/C16H14FN3OS/c17-12-4-1-10(2-5-12)7-8-19-15(21)11-3-6-13-14(9-11)22-16(18)20-13/h1-6,9H,7-8H2,(H2,18,20)(H,19,21). The number of hydrogen-bond acceptors (Lipinski definition) is 4. The van der Waals surface area contributed by atoms with Gasteiger partial charge in [0.1, 0.15) is 5.82 Å². The predicted octanol–water partition coefficient (Wildman–Crippen LogP) is 2.99. The Morgan fingerprint density at radius 1 is 1.23 bits per heavy atom. The first-order valence-corrected chi connectivity index (χ1v) is 7.62. The van der Waals surface area contributed by atoms with Gasteiger partial charge < -0.3 is 11.1 Å². The number of nitrogens with zero attached hydrogens (tertiary/aromatic N) is 1. The zero-order valence-electron chi connectivity index (χ0n) is 11.7. The predicted molar refractivity (Wildman–Crippen MR) is 86.5 cm³/mol. The van der Waals surface area contributed by atoms with Crippen LogP contribution in [0.1, 0.15) is 15.9 Å². The molecule has 1 aromatic heterocycles. The van der Waals surface area contributed by atoms with E-state index in [1.807, 2.05) is 0 Å². The lowest BCUT2D eigenvalue weighted by atomic mass is 10.1. The second-order valence-corrected chi connectivity index (χ2v) is 5.93. The molecule has 0 aliphatic heterocycles. The van der Waals surface area contributed by atoms with E-state index in [-0.39, 0.29) is 11.7 Å². The third kappa shape index (κ3) is 3.23. The number of hydrogen-bond donors (Lipinski definition) is 2. The quantitative estimate of drug-likeness (QED) is 0.777. The molecule has 0 fully saturated rings. The molecule has 0 saturated heterocycles. The molecule has 3 N–H and O–H groups in total. The Kier molecular flexibility index (Phi) is 4.02. The number of aromatic nitrogens is 1. The number of nitrogen functional groups attached to an aromatic ring is 1. The highest BCUT2D eigenvalue weighted by Gasteiger charge is 2.08. The van der Waals surface area contributed by atoms with Gasteiger partial charge in [-0.2, -0.15) is 0 Å². The number of carbonyl (C=O) groups is 1. The summed E-state index contributed by atoms with van der Waals surface area (Å²) < 4.78 is 13.7. The molecule has 0 aliphatic rings. The first-order chi connectivity index (χ1) is 10.6. The minimum Gasteiger partial charge on any atom is -0.375 e. The first-order valence-electron chi connectivity index (χ1n) is 6.80. The Morgan fingerprint density at radius 3 is 2.77 bits per heavy atom. The molecular weight excluding hydrogens is 301 g/mol. The number of fused-ring (bicyclic) bond motifs is 1. The summed E-state index contributed by atoms with van der Waals surface area (Å²) in [4.78, 5) is 16.3. The number of thiazole rings is 1. The van der Waals surface area contributed by atoms with Gasteiger partial charge in [-0.25, -0.2) is 9.37 Å². The summed E-state index contributed by atoms with van der Waals surface area (Å²) >= 11 is 1.36. The van der Waals surface area contributed by atoms with Gasteiger partial charge in [0, 0.05) is 12.1 Å². The van der Waals surface area contributed by atoms with Crippen LogP contribution in [-0.2, 0) is 6.42 Å². The zero-order valence-corrected chi connectivity index (χ0v) is 12.5. The van der Waals surface area contributed by atoms with Crippen LogP contribution in [0.15, 0.2) is 42.5 Å². The number of anilines is 1. The molecule has 0 radical (unpaired) electrons. The molecule has 0 bridgehead atoms. The highest BCUT2D eigenvalue weighted by molar-refractivity contribution is 7.22. The summed E-state index contributed by atoms with van der Waals surface area (Å²) in [5.74, 6) is -0.402. The van der Waals surface area contributed by atoms with Crippen molar-refractivity contribution in [2.24, 2.45) is 0 Å². The van der Waals surface area contributed by atoms with Crippen LogP contribution in [0.25, 0.3) is 10.2 Å². The number of halogens is 1. The minimum atomic E-state index is -0.259. The van der Waals surface area contributed by atoms with Gasteiger partial charge in [-0.3, -0.25) is 4.79 Å². The first kappa shape index (κ1) is 14.5. The van der Waals surface area contributed by atoms with Crippen LogP contribution in [0.3, 0.4) is 0 Å². The molecule has 22 heavy (non-hydrogen) atoms. The van der Waals surface area contributed by atoms with Crippen molar-refractivity contribution < 1.29 is 9.18 Å². The summed E-state index contributed by atoms with van der Waals surface area (Å²) in [6, 6.07) is 11.6. The van der Waals surface area contributed by atoms with Crippen molar-refractivity contribution in [3.8, 4) is 0 Å². The van der Waals surface area contributed by atoms with Crippen molar-refractivity contribution in [1.29, 1.82) is 0 Å². The van der Waals surface area contributed by atoms with Gasteiger partial charge in [-0.05, 0) is 42.3 Å². The Morgan fingerprint density at radius 2 is 2.00 bits per heavy atom. The summed E-state index contributed by atoms with van der Waals surface area (Å²) in [6.45, 7) is 0.493. The molecule has 3 rings (SSSR count). The van der Waals surface area contributed by atoms with Gasteiger partial charge in [0.25, 0.3) is 5.91 Å². The van der Waals surface area contributed by atoms with E-state index < -0.39 is 0 Å². The molecule has 3 aromatic rings. The Labute approximate surface area is 130 Å². The fourth-order valence-electron chi connectivity index (χ4n) is 2.16. The van der Waals surface area contributed by atoms with Crippen LogP contribution in [0.5, 0.6) is 0 Å². The topological polar surface area (TPSA) is 68.0 Å². The molecule has 0 saturated carbocycles. The van der Waals surface area contributed by atoms with E-state index in [1.165, 1.54) is 23.5 Å². The van der Waals surface area contributed by atoms with Gasteiger partial charge in [-0.1, -0.05) is 23.5 Å². The number of amides is 1. The van der Waals surface area contributed by atoms with E-state index in [9.17, 15) is 9.18 Å². The average Bonchev–Trinajstić information content (AvgIpc) is 2.88. The van der Waals surface area contributed by atoms with Crippen molar-refractivity contribution in [2.75, 3.05) is 12.3 Å². The van der Waals surface area contributed by atoms with Crippen LogP contribution in [0.2, 0.25) is 0 Å². The van der Waals surface area contributed by atoms with Crippen molar-refractivity contribution >= 4 is 32.6 Å². The lowest BCUT2D eigenvalue weighted by molar-refractivity contribution is 0.0954. The van der Waals surface area contributed by atoms with Crippen LogP contribution in [0, 0.1) is 5.82 Å². The van der Waals surface area contributed by atoms with Gasteiger partial charge in [0.2, 0.25) is 0 Å². The number of nitrogens with two attached hydrogens (primary N) is 1. The molecule has 0 unspecified atom stereocenters. The van der Waals surface area contributed by atoms with E-state index in [0.717, 1.165) is 15.8 Å². The maximum atomic E-state index is 12.8. The van der Waals surface area contributed by atoms with Crippen molar-refractivity contribution in [1.82, 2.24) is 10.3 Å². The van der Waals surface area contributed by atoms with Crippen LogP contribution in [-0.4, -0.2) is 17.4 Å². The molecule has 4 nitrogen and oxygen atoms in total. The van der Waals surface area contributed by atoms with Crippen LogP contribution < -0.4 is 11.1 Å². The fourth-order valence-corrected chi connectivity index (χ4v) is 2.93. The molecule has 1 heterocycles. The molecule has 2 aromatic carbocycles. The van der Waals surface area contributed by atoms with Crippen molar-refractivity contribution in [2.45, 2.75) is 6.42 Å². The molecule has 0 atom stereocenters. The van der Waals surface area contributed by atoms with Crippen molar-refractivity contribution in [3.63, 3.8) is 0 Å². The second-order valence-electron chi connectivity index (χ2n) is 4.87. The van der Waals surface area contributed by atoms with E-state index in [0.29, 0.717) is 23.7 Å². The molecule has 0 aliphatic carbocycles. The Bertz CT molecular complexity index is 814. The molecule has 1 amide bonds. The number of nitrogens with one attached hydrogen (secondary N) is 1. The normalized spacial score (nSPS) is 10.8. The third-order valence-corrected chi connectivity index (χ3v) is 4.13. The maximum absolute atomic E-state index is 12.8. The van der Waals surface area contributed by atoms with Gasteiger partial charge >= 0.3 is 0 Å². The lowest BCUT2D eigenvalue weighted by Crippen LogP contribution is -2.25. The summed E-state index contributed by atoms with van der Waals surface area (Å²) in [5.41, 5.74) is 8.01.